The molecule has 0 aliphatic heterocycles. The molecular weight excluding hydrogens is 312 g/mol. The molecule has 0 spiro atoms. The topological polar surface area (TPSA) is 79.9 Å². The van der Waals surface area contributed by atoms with Gasteiger partial charge in [0, 0.05) is 28.7 Å². The quantitative estimate of drug-likeness (QED) is 0.767. The Morgan fingerprint density at radius 2 is 2.26 bits per heavy atom. The number of alkyl carbamates (subject to hydrolysis) is 1. The summed E-state index contributed by atoms with van der Waals surface area (Å²) in [6, 6.07) is 3.91. The summed E-state index contributed by atoms with van der Waals surface area (Å²) in [5.74, 6) is 0. The Morgan fingerprint density at radius 3 is 3.04 bits per heavy atom. The van der Waals surface area contributed by atoms with Crippen LogP contribution in [0.5, 0.6) is 0 Å². The lowest BCUT2D eigenvalue weighted by molar-refractivity contribution is 0.0523. The highest BCUT2D eigenvalue weighted by molar-refractivity contribution is 7.13. The minimum absolute atomic E-state index is 0.339. The average molecular weight is 330 g/mol. The van der Waals surface area contributed by atoms with E-state index in [1.807, 2.05) is 44.5 Å². The molecule has 0 saturated carbocycles. The highest BCUT2D eigenvalue weighted by Gasteiger charge is 2.16. The van der Waals surface area contributed by atoms with E-state index in [0.29, 0.717) is 6.54 Å². The van der Waals surface area contributed by atoms with E-state index < -0.39 is 11.7 Å². The summed E-state index contributed by atoms with van der Waals surface area (Å²) >= 11 is 1.54. The van der Waals surface area contributed by atoms with Gasteiger partial charge in [0.2, 0.25) is 0 Å². The minimum Gasteiger partial charge on any atom is -0.444 e. The normalized spacial score (nSPS) is 11.6. The maximum absolute atomic E-state index is 11.7. The van der Waals surface area contributed by atoms with Gasteiger partial charge in [0.1, 0.15) is 16.3 Å². The smallest absolute Gasteiger partial charge is 0.407 e. The van der Waals surface area contributed by atoms with Gasteiger partial charge in [-0.1, -0.05) is 0 Å². The van der Waals surface area contributed by atoms with Crippen molar-refractivity contribution in [3.05, 3.63) is 35.6 Å². The van der Waals surface area contributed by atoms with Crippen LogP contribution in [-0.2, 0) is 11.3 Å². The zero-order valence-corrected chi connectivity index (χ0v) is 14.0. The van der Waals surface area contributed by atoms with Gasteiger partial charge in [0.05, 0.1) is 12.2 Å². The molecule has 0 fully saturated rings. The van der Waals surface area contributed by atoms with Crippen LogP contribution >= 0.6 is 11.3 Å². The Balaban J connectivity index is 1.70. The van der Waals surface area contributed by atoms with Gasteiger partial charge in [-0.15, -0.1) is 11.3 Å². The fraction of sp³-hybridized carbons (Fsp3) is 0.312. The van der Waals surface area contributed by atoms with Gasteiger partial charge in [-0.3, -0.25) is 0 Å². The molecule has 0 aromatic carbocycles. The molecule has 1 amide bonds. The first-order valence-electron chi connectivity index (χ1n) is 7.26. The average Bonchev–Trinajstić information content (AvgIpc) is 3.09. The molecule has 6 nitrogen and oxygen atoms in total. The number of carbonyl (C=O) groups is 1. The third-order valence-electron chi connectivity index (χ3n) is 3.05. The predicted octanol–water partition coefficient (Wildman–Crippen LogP) is 3.71. The zero-order valence-electron chi connectivity index (χ0n) is 13.2. The number of fused-ring (bicyclic) bond motifs is 1. The number of hydrogen-bond acceptors (Lipinski definition) is 5. The molecule has 0 atom stereocenters. The van der Waals surface area contributed by atoms with Crippen LogP contribution in [0, 0.1) is 0 Å². The van der Waals surface area contributed by atoms with Crippen molar-refractivity contribution in [3.63, 3.8) is 0 Å². The Morgan fingerprint density at radius 1 is 1.43 bits per heavy atom. The molecular formula is C16H18N4O2S. The fourth-order valence-electron chi connectivity index (χ4n) is 2.12. The predicted molar refractivity (Wildman–Crippen MR) is 90.3 cm³/mol. The summed E-state index contributed by atoms with van der Waals surface area (Å²) in [5.41, 5.74) is 2.15. The largest absolute Gasteiger partial charge is 0.444 e. The van der Waals surface area contributed by atoms with Crippen LogP contribution in [0.3, 0.4) is 0 Å². The number of carbonyl (C=O) groups excluding carboxylic acids is 1. The minimum atomic E-state index is -0.506. The number of rotatable bonds is 3. The van der Waals surface area contributed by atoms with E-state index in [0.717, 1.165) is 27.3 Å². The molecule has 3 heterocycles. The van der Waals surface area contributed by atoms with Crippen molar-refractivity contribution in [2.45, 2.75) is 32.9 Å². The van der Waals surface area contributed by atoms with Gasteiger partial charge in [0.25, 0.3) is 0 Å². The van der Waals surface area contributed by atoms with Gasteiger partial charge in [0.15, 0.2) is 0 Å². The maximum atomic E-state index is 11.7. The van der Waals surface area contributed by atoms with E-state index in [9.17, 15) is 4.79 Å². The summed E-state index contributed by atoms with van der Waals surface area (Å²) in [7, 11) is 0. The Hall–Kier alpha value is -2.41. The zero-order chi connectivity index (χ0) is 16.4. The van der Waals surface area contributed by atoms with E-state index in [-0.39, 0.29) is 0 Å². The molecule has 0 aliphatic rings. The third kappa shape index (κ3) is 3.68. The SMILES string of the molecule is CC(C)(C)OC(=O)NCc1csc(-c2c[nH]c3ncccc23)n1. The first-order valence-corrected chi connectivity index (χ1v) is 8.14. The van der Waals surface area contributed by atoms with Gasteiger partial charge in [-0.25, -0.2) is 14.8 Å². The highest BCUT2D eigenvalue weighted by Crippen LogP contribution is 2.29. The summed E-state index contributed by atoms with van der Waals surface area (Å²) in [6.45, 7) is 5.84. The summed E-state index contributed by atoms with van der Waals surface area (Å²) in [4.78, 5) is 23.7. The van der Waals surface area contributed by atoms with Crippen molar-refractivity contribution in [2.24, 2.45) is 0 Å². The van der Waals surface area contributed by atoms with E-state index in [1.54, 1.807) is 6.20 Å². The number of hydrogen-bond donors (Lipinski definition) is 2. The molecule has 120 valence electrons. The highest BCUT2D eigenvalue weighted by atomic mass is 32.1. The van der Waals surface area contributed by atoms with Crippen LogP contribution in [0.15, 0.2) is 29.9 Å². The molecule has 0 saturated heterocycles. The summed E-state index contributed by atoms with van der Waals surface area (Å²) in [5, 5.41) is 6.58. The summed E-state index contributed by atoms with van der Waals surface area (Å²) < 4.78 is 5.21. The molecule has 2 N–H and O–H groups in total. The fourth-order valence-corrected chi connectivity index (χ4v) is 2.97. The number of nitrogens with zero attached hydrogens (tertiary/aromatic N) is 2. The van der Waals surface area contributed by atoms with Crippen molar-refractivity contribution in [1.29, 1.82) is 0 Å². The number of ether oxygens (including phenoxy) is 1. The number of H-pyrrole nitrogens is 1. The van der Waals surface area contributed by atoms with Gasteiger partial charge in [-0.2, -0.15) is 0 Å². The molecule has 0 aliphatic carbocycles. The van der Waals surface area contributed by atoms with E-state index in [2.05, 4.69) is 20.3 Å². The van der Waals surface area contributed by atoms with Crippen LogP contribution in [0.25, 0.3) is 21.6 Å². The van der Waals surface area contributed by atoms with Gasteiger partial charge in [-0.05, 0) is 32.9 Å². The maximum Gasteiger partial charge on any atom is 0.407 e. The Bertz CT molecular complexity index is 832. The second-order valence-electron chi connectivity index (χ2n) is 6.10. The number of nitrogens with one attached hydrogen (secondary N) is 2. The molecule has 0 radical (unpaired) electrons. The Labute approximate surface area is 137 Å². The number of amides is 1. The third-order valence-corrected chi connectivity index (χ3v) is 3.97. The molecule has 3 aromatic heterocycles. The van der Waals surface area contributed by atoms with E-state index in [4.69, 9.17) is 4.74 Å². The second kappa shape index (κ2) is 6.00. The molecule has 23 heavy (non-hydrogen) atoms. The van der Waals surface area contributed by atoms with Crippen LogP contribution < -0.4 is 5.32 Å². The van der Waals surface area contributed by atoms with Crippen molar-refractivity contribution >= 4 is 28.5 Å². The van der Waals surface area contributed by atoms with Crippen molar-refractivity contribution in [1.82, 2.24) is 20.3 Å². The van der Waals surface area contributed by atoms with Crippen LogP contribution in [0.1, 0.15) is 26.5 Å². The lowest BCUT2D eigenvalue weighted by atomic mass is 10.2. The monoisotopic (exact) mass is 330 g/mol. The van der Waals surface area contributed by atoms with E-state index >= 15 is 0 Å². The molecule has 7 heteroatoms. The van der Waals surface area contributed by atoms with Crippen LogP contribution in [0.2, 0.25) is 0 Å². The lowest BCUT2D eigenvalue weighted by Crippen LogP contribution is -2.32. The second-order valence-corrected chi connectivity index (χ2v) is 6.96. The first-order chi connectivity index (χ1) is 10.9. The van der Waals surface area contributed by atoms with Crippen LogP contribution in [-0.4, -0.2) is 26.6 Å². The van der Waals surface area contributed by atoms with Crippen LogP contribution in [0.4, 0.5) is 4.79 Å². The van der Waals surface area contributed by atoms with Gasteiger partial charge >= 0.3 is 6.09 Å². The molecule has 3 rings (SSSR count). The number of aromatic amines is 1. The van der Waals surface area contributed by atoms with Gasteiger partial charge < -0.3 is 15.0 Å². The summed E-state index contributed by atoms with van der Waals surface area (Å²) in [6.07, 6.45) is 3.21. The number of thiazole rings is 1. The van der Waals surface area contributed by atoms with Crippen molar-refractivity contribution in [3.8, 4) is 10.6 Å². The van der Waals surface area contributed by atoms with Crippen molar-refractivity contribution in [2.75, 3.05) is 0 Å². The number of aromatic nitrogens is 3. The first kappa shape index (κ1) is 15.5. The van der Waals surface area contributed by atoms with Crippen molar-refractivity contribution < 1.29 is 9.53 Å². The molecule has 0 unspecified atom stereocenters. The van der Waals surface area contributed by atoms with E-state index in [1.165, 1.54) is 11.3 Å². The molecule has 3 aromatic rings. The standard InChI is InChI=1S/C16H18N4O2S/c1-16(2,3)22-15(21)19-7-10-9-23-14(20-10)12-8-18-13-11(12)5-4-6-17-13/h4-6,8-9H,7H2,1-3H3,(H,17,18)(H,19,21). The lowest BCUT2D eigenvalue weighted by Gasteiger charge is -2.19. The molecule has 0 bridgehead atoms. The number of pyridine rings is 1. The Kier molecular flexibility index (Phi) is 4.04.